The number of amides is 1. The molecule has 3 rings (SSSR count). The van der Waals surface area contributed by atoms with Gasteiger partial charge in [-0.05, 0) is 25.5 Å². The second-order valence-corrected chi connectivity index (χ2v) is 7.45. The topological polar surface area (TPSA) is 75.1 Å². The molecule has 1 saturated heterocycles. The molecular weight excluding hydrogens is 340 g/mol. The Balaban J connectivity index is 1.46. The number of aromatic nitrogens is 3. The second-order valence-electron chi connectivity index (χ2n) is 7.45. The van der Waals surface area contributed by atoms with Gasteiger partial charge in [-0.2, -0.15) is 0 Å². The molecule has 0 spiro atoms. The van der Waals surface area contributed by atoms with E-state index in [-0.39, 0.29) is 5.91 Å². The van der Waals surface area contributed by atoms with Crippen molar-refractivity contribution in [3.63, 3.8) is 0 Å². The van der Waals surface area contributed by atoms with E-state index in [1.54, 1.807) is 6.20 Å². The molecule has 1 aliphatic rings. The molecule has 1 aliphatic heterocycles. The largest absolute Gasteiger partial charge is 0.354 e. The van der Waals surface area contributed by atoms with Crippen molar-refractivity contribution >= 4 is 11.7 Å². The van der Waals surface area contributed by atoms with Gasteiger partial charge in [-0.25, -0.2) is 9.97 Å². The number of pyridine rings is 1. The Labute approximate surface area is 161 Å². The van der Waals surface area contributed by atoms with Crippen LogP contribution < -0.4 is 15.5 Å². The molecule has 1 fully saturated rings. The van der Waals surface area contributed by atoms with Crippen LogP contribution in [0.15, 0.2) is 30.7 Å². The van der Waals surface area contributed by atoms with Crippen molar-refractivity contribution in [2.24, 2.45) is 0 Å². The van der Waals surface area contributed by atoms with Gasteiger partial charge in [0.05, 0.1) is 5.56 Å². The summed E-state index contributed by atoms with van der Waals surface area (Å²) in [5.74, 6) is 2.35. The molecule has 7 nitrogen and oxygen atoms in total. The quantitative estimate of drug-likeness (QED) is 0.730. The van der Waals surface area contributed by atoms with Crippen molar-refractivity contribution in [3.8, 4) is 0 Å². The smallest absolute Gasteiger partial charge is 0.252 e. The van der Waals surface area contributed by atoms with Gasteiger partial charge < -0.3 is 20.1 Å². The Morgan fingerprint density at radius 1 is 1.37 bits per heavy atom. The van der Waals surface area contributed by atoms with E-state index >= 15 is 0 Å². The average molecular weight is 371 g/mol. The molecule has 27 heavy (non-hydrogen) atoms. The van der Waals surface area contributed by atoms with Crippen LogP contribution in [0.1, 0.15) is 49.3 Å². The summed E-state index contributed by atoms with van der Waals surface area (Å²) in [6, 6.07) is 4.25. The van der Waals surface area contributed by atoms with E-state index in [0.717, 1.165) is 44.2 Å². The average Bonchev–Trinajstić information content (AvgIpc) is 3.14. The summed E-state index contributed by atoms with van der Waals surface area (Å²) in [6.07, 6.45) is 6.37. The molecule has 0 aromatic carbocycles. The first-order chi connectivity index (χ1) is 13.0. The molecule has 3 heterocycles. The fourth-order valence-corrected chi connectivity index (χ4v) is 3.41. The summed E-state index contributed by atoms with van der Waals surface area (Å²) in [4.78, 5) is 23.4. The number of carbonyl (C=O) groups is 1. The maximum absolute atomic E-state index is 12.3. The summed E-state index contributed by atoms with van der Waals surface area (Å²) in [5, 5.41) is 6.40. The van der Waals surface area contributed by atoms with E-state index in [2.05, 4.69) is 50.8 Å². The van der Waals surface area contributed by atoms with Crippen molar-refractivity contribution in [2.75, 3.05) is 31.1 Å². The van der Waals surface area contributed by atoms with Gasteiger partial charge >= 0.3 is 0 Å². The molecule has 2 aromatic heterocycles. The van der Waals surface area contributed by atoms with Crippen LogP contribution in [0.4, 0.5) is 5.82 Å². The van der Waals surface area contributed by atoms with Crippen molar-refractivity contribution in [3.05, 3.63) is 42.1 Å². The van der Waals surface area contributed by atoms with Crippen molar-refractivity contribution in [1.82, 2.24) is 25.2 Å². The molecule has 146 valence electrons. The van der Waals surface area contributed by atoms with Crippen LogP contribution in [0.5, 0.6) is 0 Å². The van der Waals surface area contributed by atoms with Crippen LogP contribution in [0.2, 0.25) is 0 Å². The van der Waals surface area contributed by atoms with Gasteiger partial charge in [0.15, 0.2) is 0 Å². The number of nitrogens with zero attached hydrogens (tertiary/aromatic N) is 4. The number of anilines is 1. The first-order valence-corrected chi connectivity index (χ1v) is 9.78. The third-order valence-corrected chi connectivity index (χ3v) is 4.83. The molecule has 0 radical (unpaired) electrons. The van der Waals surface area contributed by atoms with E-state index in [4.69, 9.17) is 0 Å². The number of aryl methyl sites for hydroxylation is 1. The lowest BCUT2D eigenvalue weighted by Crippen LogP contribution is -2.49. The molecule has 1 atom stereocenters. The van der Waals surface area contributed by atoms with Crippen LogP contribution in [-0.2, 0) is 6.54 Å². The maximum atomic E-state index is 12.3. The predicted molar refractivity (Wildman–Crippen MR) is 107 cm³/mol. The van der Waals surface area contributed by atoms with Gasteiger partial charge in [0.1, 0.15) is 11.6 Å². The molecule has 7 heteroatoms. The third-order valence-electron chi connectivity index (χ3n) is 4.83. The molecule has 1 amide bonds. The highest BCUT2D eigenvalue weighted by atomic mass is 16.1. The third kappa shape index (κ3) is 5.07. The fourth-order valence-electron chi connectivity index (χ4n) is 3.41. The highest BCUT2D eigenvalue weighted by Gasteiger charge is 2.17. The molecule has 0 bridgehead atoms. The van der Waals surface area contributed by atoms with Gasteiger partial charge in [-0.15, -0.1) is 0 Å². The van der Waals surface area contributed by atoms with E-state index < -0.39 is 0 Å². The Morgan fingerprint density at radius 2 is 2.22 bits per heavy atom. The van der Waals surface area contributed by atoms with Crippen molar-refractivity contribution in [2.45, 2.75) is 45.7 Å². The van der Waals surface area contributed by atoms with E-state index in [9.17, 15) is 4.79 Å². The Morgan fingerprint density at radius 3 is 2.93 bits per heavy atom. The summed E-state index contributed by atoms with van der Waals surface area (Å²) >= 11 is 0. The van der Waals surface area contributed by atoms with E-state index in [0.29, 0.717) is 24.1 Å². The monoisotopic (exact) mass is 370 g/mol. The molecular formula is C20H30N6O. The fraction of sp³-hybridized carbons (Fsp3) is 0.550. The van der Waals surface area contributed by atoms with Gasteiger partial charge in [0.2, 0.25) is 0 Å². The lowest BCUT2D eigenvalue weighted by molar-refractivity contribution is 0.0952. The summed E-state index contributed by atoms with van der Waals surface area (Å²) in [6.45, 7) is 10.8. The molecule has 2 N–H and O–H groups in total. The van der Waals surface area contributed by atoms with E-state index in [1.807, 2.05) is 24.5 Å². The number of hydrogen-bond donors (Lipinski definition) is 2. The number of carbonyl (C=O) groups excluding carboxylic acids is 1. The summed E-state index contributed by atoms with van der Waals surface area (Å²) in [7, 11) is 0. The highest BCUT2D eigenvalue weighted by Crippen LogP contribution is 2.14. The number of rotatable bonds is 7. The zero-order valence-electron chi connectivity index (χ0n) is 16.5. The van der Waals surface area contributed by atoms with Crippen molar-refractivity contribution < 1.29 is 4.79 Å². The van der Waals surface area contributed by atoms with Gasteiger partial charge in [-0.3, -0.25) is 4.79 Å². The number of piperazine rings is 1. The van der Waals surface area contributed by atoms with Crippen LogP contribution in [0.3, 0.4) is 0 Å². The normalized spacial score (nSPS) is 17.3. The molecule has 2 aromatic rings. The predicted octanol–water partition coefficient (Wildman–Crippen LogP) is 2.02. The van der Waals surface area contributed by atoms with Gasteiger partial charge in [0, 0.05) is 63.3 Å². The van der Waals surface area contributed by atoms with Crippen LogP contribution in [0.25, 0.3) is 0 Å². The Kier molecular flexibility index (Phi) is 6.45. The minimum atomic E-state index is -0.0718. The molecule has 0 unspecified atom stereocenters. The summed E-state index contributed by atoms with van der Waals surface area (Å²) in [5.41, 5.74) is 0.604. The lowest BCUT2D eigenvalue weighted by atomic mass is 10.2. The number of nitrogens with one attached hydrogen (secondary N) is 2. The standard InChI is InChI=1S/C20H30N6O/c1-15(2)19-22-9-11-25(19)10-4-7-23-20(27)17-5-6-18(24-13-17)26-12-8-21-16(3)14-26/h5-6,9,11,13,15-16,21H,4,7-8,10,12,14H2,1-3H3,(H,23,27)/t16-/m0/s1. The van der Waals surface area contributed by atoms with Crippen molar-refractivity contribution in [1.29, 1.82) is 0 Å². The highest BCUT2D eigenvalue weighted by molar-refractivity contribution is 5.94. The number of hydrogen-bond acceptors (Lipinski definition) is 5. The van der Waals surface area contributed by atoms with Crippen LogP contribution >= 0.6 is 0 Å². The Bertz CT molecular complexity index is 739. The van der Waals surface area contributed by atoms with Crippen LogP contribution in [-0.4, -0.2) is 52.7 Å². The van der Waals surface area contributed by atoms with E-state index in [1.165, 1.54) is 0 Å². The SMILES string of the molecule is CC(C)c1nccn1CCCNC(=O)c1ccc(N2CCN[C@@H](C)C2)nc1. The Hall–Kier alpha value is -2.41. The molecule has 0 saturated carbocycles. The summed E-state index contributed by atoms with van der Waals surface area (Å²) < 4.78 is 2.15. The number of imidazole rings is 1. The zero-order valence-corrected chi connectivity index (χ0v) is 16.5. The lowest BCUT2D eigenvalue weighted by Gasteiger charge is -2.32. The minimum Gasteiger partial charge on any atom is -0.354 e. The first-order valence-electron chi connectivity index (χ1n) is 9.78. The van der Waals surface area contributed by atoms with Gasteiger partial charge in [0.25, 0.3) is 5.91 Å². The zero-order chi connectivity index (χ0) is 19.2. The molecule has 0 aliphatic carbocycles. The maximum Gasteiger partial charge on any atom is 0.252 e. The second kappa shape index (κ2) is 8.99. The minimum absolute atomic E-state index is 0.0718. The first kappa shape index (κ1) is 19.4. The van der Waals surface area contributed by atoms with Crippen LogP contribution in [0, 0.1) is 0 Å². The van der Waals surface area contributed by atoms with Gasteiger partial charge in [-0.1, -0.05) is 13.8 Å².